The summed E-state index contributed by atoms with van der Waals surface area (Å²) in [5.41, 5.74) is 0.991. The van der Waals surface area contributed by atoms with Crippen molar-refractivity contribution in [3.05, 3.63) is 29.8 Å². The topological polar surface area (TPSA) is 58.6 Å². The minimum atomic E-state index is -0.959. The van der Waals surface area contributed by atoms with Gasteiger partial charge in [-0.3, -0.25) is 0 Å². The second-order valence-electron chi connectivity index (χ2n) is 3.82. The number of aliphatic carboxylic acids is 1. The van der Waals surface area contributed by atoms with Crippen molar-refractivity contribution in [1.29, 1.82) is 0 Å². The first kappa shape index (κ1) is 16.7. The van der Waals surface area contributed by atoms with Gasteiger partial charge in [0.15, 0.2) is 6.61 Å². The summed E-state index contributed by atoms with van der Waals surface area (Å²) in [5, 5.41) is 11.9. The number of unbranched alkanes of at least 4 members (excludes halogenated alkanes) is 1. The molecule has 0 aliphatic rings. The molecular formula is C13H20ClNO3. The Morgan fingerprint density at radius 1 is 1.39 bits per heavy atom. The highest BCUT2D eigenvalue weighted by molar-refractivity contribution is 5.85. The third-order valence-corrected chi connectivity index (χ3v) is 2.35. The van der Waals surface area contributed by atoms with Gasteiger partial charge in [0.1, 0.15) is 5.75 Å². The number of carboxylic acid groups (broad SMARTS) is 1. The number of para-hydroxylation sites is 1. The predicted molar refractivity (Wildman–Crippen MR) is 73.4 cm³/mol. The van der Waals surface area contributed by atoms with Crippen LogP contribution in [0.1, 0.15) is 25.3 Å². The molecule has 0 saturated heterocycles. The van der Waals surface area contributed by atoms with E-state index < -0.39 is 5.97 Å². The van der Waals surface area contributed by atoms with Crippen LogP contribution in [0.4, 0.5) is 0 Å². The van der Waals surface area contributed by atoms with Crippen LogP contribution in [-0.2, 0) is 11.3 Å². The molecular weight excluding hydrogens is 254 g/mol. The lowest BCUT2D eigenvalue weighted by Gasteiger charge is -2.10. The number of nitrogens with one attached hydrogen (secondary N) is 1. The Labute approximate surface area is 114 Å². The number of ether oxygens (including phenoxy) is 1. The average molecular weight is 274 g/mol. The zero-order chi connectivity index (χ0) is 12.5. The monoisotopic (exact) mass is 273 g/mol. The van der Waals surface area contributed by atoms with E-state index in [1.807, 2.05) is 18.2 Å². The molecule has 2 N–H and O–H groups in total. The summed E-state index contributed by atoms with van der Waals surface area (Å²) in [6, 6.07) is 7.49. The van der Waals surface area contributed by atoms with Crippen LogP contribution in [0.25, 0.3) is 0 Å². The fourth-order valence-corrected chi connectivity index (χ4v) is 1.46. The fraction of sp³-hybridized carbons (Fsp3) is 0.462. The zero-order valence-corrected chi connectivity index (χ0v) is 11.3. The van der Waals surface area contributed by atoms with Crippen molar-refractivity contribution in [2.45, 2.75) is 26.3 Å². The van der Waals surface area contributed by atoms with Crippen LogP contribution in [0.2, 0.25) is 0 Å². The van der Waals surface area contributed by atoms with Crippen molar-refractivity contribution >= 4 is 18.4 Å². The van der Waals surface area contributed by atoms with Crippen LogP contribution in [0, 0.1) is 0 Å². The molecule has 0 amide bonds. The average Bonchev–Trinajstić information content (AvgIpc) is 2.33. The number of hydrogen-bond acceptors (Lipinski definition) is 3. The van der Waals surface area contributed by atoms with Gasteiger partial charge in [-0.25, -0.2) is 4.79 Å². The van der Waals surface area contributed by atoms with Gasteiger partial charge in [0.25, 0.3) is 0 Å². The molecule has 1 aromatic carbocycles. The first-order valence-corrected chi connectivity index (χ1v) is 5.87. The number of carbonyl (C=O) groups is 1. The van der Waals surface area contributed by atoms with Gasteiger partial charge in [0, 0.05) is 12.1 Å². The molecule has 18 heavy (non-hydrogen) atoms. The first-order chi connectivity index (χ1) is 8.24. The Morgan fingerprint density at radius 3 is 2.78 bits per heavy atom. The molecule has 0 unspecified atom stereocenters. The van der Waals surface area contributed by atoms with Crippen molar-refractivity contribution in [1.82, 2.24) is 5.32 Å². The Bertz CT molecular complexity index is 358. The number of rotatable bonds is 8. The number of hydrogen-bond donors (Lipinski definition) is 2. The van der Waals surface area contributed by atoms with Crippen molar-refractivity contribution in [2.24, 2.45) is 0 Å². The zero-order valence-electron chi connectivity index (χ0n) is 10.5. The summed E-state index contributed by atoms with van der Waals surface area (Å²) < 4.78 is 5.22. The number of benzene rings is 1. The first-order valence-electron chi connectivity index (χ1n) is 5.87. The van der Waals surface area contributed by atoms with Gasteiger partial charge in [-0.05, 0) is 19.0 Å². The van der Waals surface area contributed by atoms with Crippen LogP contribution in [0.15, 0.2) is 24.3 Å². The summed E-state index contributed by atoms with van der Waals surface area (Å²) in [7, 11) is 0. The predicted octanol–water partition coefficient (Wildman–Crippen LogP) is 2.46. The summed E-state index contributed by atoms with van der Waals surface area (Å²) in [6.07, 6.45) is 2.29. The van der Waals surface area contributed by atoms with Crippen LogP contribution < -0.4 is 10.1 Å². The van der Waals surface area contributed by atoms with E-state index >= 15 is 0 Å². The smallest absolute Gasteiger partial charge is 0.341 e. The lowest BCUT2D eigenvalue weighted by Crippen LogP contribution is -2.16. The molecule has 0 aromatic heterocycles. The Kier molecular flexibility index (Phi) is 9.06. The Morgan fingerprint density at radius 2 is 2.11 bits per heavy atom. The molecule has 0 spiro atoms. The van der Waals surface area contributed by atoms with Crippen LogP contribution in [-0.4, -0.2) is 24.2 Å². The standard InChI is InChI=1S/C13H19NO3.ClH/c1-2-3-8-14-9-11-6-4-5-7-12(11)17-10-13(15)16;/h4-7,14H,2-3,8-10H2,1H3,(H,15,16);1H. The molecule has 0 fully saturated rings. The van der Waals surface area contributed by atoms with E-state index in [2.05, 4.69) is 12.2 Å². The maximum atomic E-state index is 10.4. The van der Waals surface area contributed by atoms with Gasteiger partial charge >= 0.3 is 5.97 Å². The molecule has 5 heteroatoms. The molecule has 0 aliphatic carbocycles. The number of carboxylic acids is 1. The fourth-order valence-electron chi connectivity index (χ4n) is 1.46. The molecule has 4 nitrogen and oxygen atoms in total. The molecule has 0 aliphatic heterocycles. The third-order valence-electron chi connectivity index (χ3n) is 2.35. The second kappa shape index (κ2) is 9.74. The van der Waals surface area contributed by atoms with E-state index in [1.165, 1.54) is 0 Å². The minimum absolute atomic E-state index is 0. The molecule has 0 radical (unpaired) electrons. The second-order valence-corrected chi connectivity index (χ2v) is 3.82. The summed E-state index contributed by atoms with van der Waals surface area (Å²) in [5.74, 6) is -0.322. The SMILES string of the molecule is CCCCNCc1ccccc1OCC(=O)O.Cl. The van der Waals surface area contributed by atoms with Crippen LogP contribution in [0.5, 0.6) is 5.75 Å². The maximum Gasteiger partial charge on any atom is 0.341 e. The molecule has 0 atom stereocenters. The van der Waals surface area contributed by atoms with Crippen LogP contribution in [0.3, 0.4) is 0 Å². The van der Waals surface area contributed by atoms with Crippen molar-refractivity contribution in [3.63, 3.8) is 0 Å². The highest BCUT2D eigenvalue weighted by Crippen LogP contribution is 2.17. The van der Waals surface area contributed by atoms with Crippen molar-refractivity contribution in [2.75, 3.05) is 13.2 Å². The van der Waals surface area contributed by atoms with Gasteiger partial charge in [-0.2, -0.15) is 0 Å². The Hall–Kier alpha value is -1.26. The van der Waals surface area contributed by atoms with Crippen LogP contribution >= 0.6 is 12.4 Å². The summed E-state index contributed by atoms with van der Waals surface area (Å²) in [6.45, 7) is 3.51. The van der Waals surface area contributed by atoms with Gasteiger partial charge < -0.3 is 15.2 Å². The van der Waals surface area contributed by atoms with E-state index in [4.69, 9.17) is 9.84 Å². The number of halogens is 1. The van der Waals surface area contributed by atoms with E-state index in [1.54, 1.807) is 6.07 Å². The van der Waals surface area contributed by atoms with Gasteiger partial charge in [-0.1, -0.05) is 31.5 Å². The lowest BCUT2D eigenvalue weighted by molar-refractivity contribution is -0.139. The molecule has 102 valence electrons. The van der Waals surface area contributed by atoms with E-state index in [0.717, 1.165) is 24.9 Å². The normalized spacial score (nSPS) is 9.61. The van der Waals surface area contributed by atoms with Gasteiger partial charge in [-0.15, -0.1) is 12.4 Å². The molecule has 1 aromatic rings. The highest BCUT2D eigenvalue weighted by atomic mass is 35.5. The summed E-state index contributed by atoms with van der Waals surface area (Å²) in [4.78, 5) is 10.4. The molecule has 0 heterocycles. The van der Waals surface area contributed by atoms with E-state index in [9.17, 15) is 4.79 Å². The third kappa shape index (κ3) is 6.47. The van der Waals surface area contributed by atoms with Crippen molar-refractivity contribution < 1.29 is 14.6 Å². The Balaban J connectivity index is 0.00000289. The van der Waals surface area contributed by atoms with Crippen molar-refractivity contribution in [3.8, 4) is 5.75 Å². The lowest BCUT2D eigenvalue weighted by atomic mass is 10.2. The van der Waals surface area contributed by atoms with E-state index in [0.29, 0.717) is 12.3 Å². The maximum absolute atomic E-state index is 10.4. The highest BCUT2D eigenvalue weighted by Gasteiger charge is 2.04. The molecule has 0 saturated carbocycles. The van der Waals surface area contributed by atoms with Gasteiger partial charge in [0.05, 0.1) is 0 Å². The molecule has 1 rings (SSSR count). The molecule has 0 bridgehead atoms. The largest absolute Gasteiger partial charge is 0.482 e. The quantitative estimate of drug-likeness (QED) is 0.715. The minimum Gasteiger partial charge on any atom is -0.482 e. The summed E-state index contributed by atoms with van der Waals surface area (Å²) >= 11 is 0. The van der Waals surface area contributed by atoms with E-state index in [-0.39, 0.29) is 19.0 Å². The van der Waals surface area contributed by atoms with Gasteiger partial charge in [0.2, 0.25) is 0 Å².